The quantitative estimate of drug-likeness (QED) is 0.336. The van der Waals surface area contributed by atoms with Gasteiger partial charge in [0.25, 0.3) is 0 Å². The van der Waals surface area contributed by atoms with Gasteiger partial charge >= 0.3 is 0 Å². The molecule has 0 atom stereocenters. The van der Waals surface area contributed by atoms with Crippen LogP contribution in [0.5, 0.6) is 0 Å². The summed E-state index contributed by atoms with van der Waals surface area (Å²) in [6.07, 6.45) is 5.39. The lowest BCUT2D eigenvalue weighted by Crippen LogP contribution is -2.24. The summed E-state index contributed by atoms with van der Waals surface area (Å²) in [5.74, 6) is 7.15. The number of likely N-dealkylation sites (N-methyl/N-ethyl adjacent to an activating group) is 1. The van der Waals surface area contributed by atoms with Gasteiger partial charge in [0.1, 0.15) is 24.0 Å². The van der Waals surface area contributed by atoms with E-state index in [4.69, 9.17) is 9.15 Å². The number of allylic oxidation sites excluding steroid dienone is 1. The highest BCUT2D eigenvalue weighted by Gasteiger charge is 2.10. The molecule has 0 bridgehead atoms. The van der Waals surface area contributed by atoms with Gasteiger partial charge in [-0.2, -0.15) is 11.3 Å². The Morgan fingerprint density at radius 3 is 2.76 bits per heavy atom. The molecule has 0 fully saturated rings. The van der Waals surface area contributed by atoms with E-state index in [1.54, 1.807) is 11.3 Å². The molecule has 0 aliphatic heterocycles. The number of halogens is 1. The number of furan rings is 1. The monoisotopic (exact) mass is 415 g/mol. The van der Waals surface area contributed by atoms with Gasteiger partial charge in [-0.05, 0) is 61.8 Å². The first-order valence-corrected chi connectivity index (χ1v) is 10.7. The van der Waals surface area contributed by atoms with Gasteiger partial charge in [0.2, 0.25) is 0 Å². The molecule has 156 valence electrons. The number of rotatable bonds is 10. The third kappa shape index (κ3) is 9.76. The van der Waals surface area contributed by atoms with Gasteiger partial charge in [-0.3, -0.25) is 4.90 Å². The molecule has 0 saturated heterocycles. The molecule has 0 aliphatic carbocycles. The molecule has 5 heteroatoms. The minimum absolute atomic E-state index is 0.131. The van der Waals surface area contributed by atoms with Crippen molar-refractivity contribution < 1.29 is 13.5 Å². The first-order valence-electron chi connectivity index (χ1n) is 9.79. The summed E-state index contributed by atoms with van der Waals surface area (Å²) in [4.78, 5) is 1.97. The standard InChI is InChI=1S/C24H30FNO2S/c1-5-26(16-21(25)9-6-13-24(2,3)4)17-22-10-11-23(28-22)18-27-14-7-8-20-12-15-29-19-20/h7-12,15,19H,5,14,16-18H2,1-4H3/b8-7+,21-9+. The zero-order chi connectivity index (χ0) is 21.1. The van der Waals surface area contributed by atoms with Crippen molar-refractivity contribution in [1.82, 2.24) is 4.90 Å². The largest absolute Gasteiger partial charge is 0.462 e. The fraction of sp³-hybridized carbons (Fsp3) is 0.417. The molecule has 0 aromatic carbocycles. The Balaban J connectivity index is 1.77. The van der Waals surface area contributed by atoms with Crippen molar-refractivity contribution in [1.29, 1.82) is 0 Å². The molecular weight excluding hydrogens is 385 g/mol. The van der Waals surface area contributed by atoms with Crippen molar-refractivity contribution in [2.75, 3.05) is 19.7 Å². The zero-order valence-corrected chi connectivity index (χ0v) is 18.5. The van der Waals surface area contributed by atoms with Gasteiger partial charge in [0.05, 0.1) is 19.7 Å². The van der Waals surface area contributed by atoms with E-state index < -0.39 is 0 Å². The molecule has 3 nitrogen and oxygen atoms in total. The van der Waals surface area contributed by atoms with E-state index in [9.17, 15) is 4.39 Å². The Labute approximate surface area is 177 Å². The zero-order valence-electron chi connectivity index (χ0n) is 17.7. The average Bonchev–Trinajstić information content (AvgIpc) is 3.32. The van der Waals surface area contributed by atoms with E-state index in [0.29, 0.717) is 26.3 Å². The van der Waals surface area contributed by atoms with Crippen LogP contribution >= 0.6 is 11.3 Å². The lowest BCUT2D eigenvalue weighted by atomic mass is 9.98. The van der Waals surface area contributed by atoms with Crippen LogP contribution in [0.2, 0.25) is 0 Å². The number of thiophene rings is 1. The average molecular weight is 416 g/mol. The van der Waals surface area contributed by atoms with Crippen molar-refractivity contribution in [2.45, 2.75) is 40.8 Å². The van der Waals surface area contributed by atoms with Crippen LogP contribution in [0.4, 0.5) is 4.39 Å². The molecule has 0 aliphatic rings. The summed E-state index contributed by atoms with van der Waals surface area (Å²) in [5, 5.41) is 4.13. The third-order valence-corrected chi connectivity index (χ3v) is 4.61. The maximum Gasteiger partial charge on any atom is 0.129 e. The summed E-state index contributed by atoms with van der Waals surface area (Å²) in [7, 11) is 0. The molecule has 29 heavy (non-hydrogen) atoms. The molecule has 0 spiro atoms. The Kier molecular flexibility index (Phi) is 9.40. The van der Waals surface area contributed by atoms with Crippen molar-refractivity contribution in [3.63, 3.8) is 0 Å². The summed E-state index contributed by atoms with van der Waals surface area (Å²) in [6.45, 7) is 10.4. The minimum atomic E-state index is -0.240. The molecule has 2 rings (SSSR count). The van der Waals surface area contributed by atoms with Crippen LogP contribution < -0.4 is 0 Å². The number of ether oxygens (including phenoxy) is 1. The highest BCUT2D eigenvalue weighted by atomic mass is 32.1. The van der Waals surface area contributed by atoms with Crippen molar-refractivity contribution in [3.05, 3.63) is 64.0 Å². The Bertz CT molecular complexity index is 848. The van der Waals surface area contributed by atoms with Crippen LogP contribution in [0.1, 0.15) is 44.8 Å². The molecule has 0 unspecified atom stereocenters. The van der Waals surface area contributed by atoms with Gasteiger partial charge in [0, 0.05) is 11.5 Å². The van der Waals surface area contributed by atoms with Gasteiger partial charge in [0.15, 0.2) is 0 Å². The molecule has 2 aromatic heterocycles. The van der Waals surface area contributed by atoms with Crippen molar-refractivity contribution in [2.24, 2.45) is 5.41 Å². The van der Waals surface area contributed by atoms with Gasteiger partial charge in [-0.25, -0.2) is 4.39 Å². The Morgan fingerprint density at radius 1 is 1.28 bits per heavy atom. The fourth-order valence-corrected chi connectivity index (χ4v) is 3.09. The molecule has 0 N–H and O–H groups in total. The van der Waals surface area contributed by atoms with E-state index in [0.717, 1.165) is 11.5 Å². The normalized spacial score (nSPS) is 12.6. The molecular formula is C24H30FNO2S. The lowest BCUT2D eigenvalue weighted by Gasteiger charge is -2.17. The highest BCUT2D eigenvalue weighted by Crippen LogP contribution is 2.14. The highest BCUT2D eigenvalue weighted by molar-refractivity contribution is 7.08. The summed E-state index contributed by atoms with van der Waals surface area (Å²) < 4.78 is 25.6. The minimum Gasteiger partial charge on any atom is -0.462 e. The van der Waals surface area contributed by atoms with Crippen molar-refractivity contribution in [3.8, 4) is 11.8 Å². The number of nitrogens with zero attached hydrogens (tertiary/aromatic N) is 1. The predicted molar refractivity (Wildman–Crippen MR) is 119 cm³/mol. The first kappa shape index (κ1) is 23.2. The lowest BCUT2D eigenvalue weighted by molar-refractivity contribution is 0.129. The van der Waals surface area contributed by atoms with Crippen LogP contribution in [-0.4, -0.2) is 24.6 Å². The second kappa shape index (κ2) is 11.8. The topological polar surface area (TPSA) is 25.6 Å². The first-order chi connectivity index (χ1) is 13.9. The molecule has 0 saturated carbocycles. The second-order valence-corrected chi connectivity index (χ2v) is 8.54. The number of hydrogen-bond donors (Lipinski definition) is 0. The van der Waals surface area contributed by atoms with E-state index in [1.807, 2.05) is 62.3 Å². The molecule has 0 amide bonds. The number of hydrogen-bond acceptors (Lipinski definition) is 4. The van der Waals surface area contributed by atoms with E-state index in [1.165, 1.54) is 11.6 Å². The molecule has 2 heterocycles. The maximum atomic E-state index is 14.1. The van der Waals surface area contributed by atoms with E-state index >= 15 is 0 Å². The predicted octanol–water partition coefficient (Wildman–Crippen LogP) is 6.30. The smallest absolute Gasteiger partial charge is 0.129 e. The van der Waals surface area contributed by atoms with Crippen LogP contribution in [0, 0.1) is 17.3 Å². The molecule has 2 aromatic rings. The van der Waals surface area contributed by atoms with Crippen LogP contribution in [0.15, 0.2) is 51.4 Å². The van der Waals surface area contributed by atoms with Crippen molar-refractivity contribution >= 4 is 17.4 Å². The summed E-state index contributed by atoms with van der Waals surface area (Å²) >= 11 is 1.67. The van der Waals surface area contributed by atoms with Gasteiger partial charge in [-0.15, -0.1) is 0 Å². The van der Waals surface area contributed by atoms with Gasteiger partial charge in [-0.1, -0.05) is 30.9 Å². The Morgan fingerprint density at radius 2 is 2.07 bits per heavy atom. The van der Waals surface area contributed by atoms with Crippen LogP contribution in [0.25, 0.3) is 6.08 Å². The van der Waals surface area contributed by atoms with E-state index in [2.05, 4.69) is 23.3 Å². The van der Waals surface area contributed by atoms with Gasteiger partial charge < -0.3 is 9.15 Å². The summed E-state index contributed by atoms with van der Waals surface area (Å²) in [5.41, 5.74) is 1.05. The van der Waals surface area contributed by atoms with Crippen LogP contribution in [0.3, 0.4) is 0 Å². The third-order valence-electron chi connectivity index (χ3n) is 3.91. The second-order valence-electron chi connectivity index (χ2n) is 7.76. The fourth-order valence-electron chi connectivity index (χ4n) is 2.46. The summed E-state index contributed by atoms with van der Waals surface area (Å²) in [6, 6.07) is 5.89. The SMILES string of the molecule is CCN(C/C(F)=C\C#CC(C)(C)C)Cc1ccc(COC/C=C/c2ccsc2)o1. The molecule has 0 radical (unpaired) electrons. The maximum absolute atomic E-state index is 14.1. The Hall–Kier alpha value is -2.13. The van der Waals surface area contributed by atoms with Crippen LogP contribution in [-0.2, 0) is 17.9 Å². The van der Waals surface area contributed by atoms with E-state index in [-0.39, 0.29) is 17.8 Å².